The van der Waals surface area contributed by atoms with E-state index in [0.717, 1.165) is 28.4 Å². The number of benzene rings is 1. The molecule has 3 N–H and O–H groups in total. The van der Waals surface area contributed by atoms with Gasteiger partial charge in [-0.2, -0.15) is 0 Å². The van der Waals surface area contributed by atoms with Gasteiger partial charge < -0.3 is 15.2 Å². The predicted octanol–water partition coefficient (Wildman–Crippen LogP) is 2.15. The molecule has 0 atom stereocenters. The van der Waals surface area contributed by atoms with Gasteiger partial charge in [-0.25, -0.2) is 9.78 Å². The minimum Gasteiger partial charge on any atom is -0.348 e. The molecule has 2 aromatic heterocycles. The van der Waals surface area contributed by atoms with Gasteiger partial charge in [0.15, 0.2) is 5.13 Å². The molecule has 1 amide bonds. The van der Waals surface area contributed by atoms with Crippen LogP contribution in [-0.4, -0.2) is 33.9 Å². The molecule has 4 rings (SSSR count). The van der Waals surface area contributed by atoms with E-state index in [2.05, 4.69) is 25.2 Å². The number of H-pyrrole nitrogens is 2. The van der Waals surface area contributed by atoms with Crippen molar-refractivity contribution in [3.05, 3.63) is 50.3 Å². The van der Waals surface area contributed by atoms with Crippen LogP contribution in [0.1, 0.15) is 30.5 Å². The zero-order valence-corrected chi connectivity index (χ0v) is 16.3. The topological polar surface area (TPSA) is 111 Å². The van der Waals surface area contributed by atoms with Crippen LogP contribution in [0.4, 0.5) is 10.8 Å². The van der Waals surface area contributed by atoms with Crippen LogP contribution < -0.4 is 21.5 Å². The normalized spacial score (nSPS) is 14.0. The molecule has 28 heavy (non-hydrogen) atoms. The molecule has 3 heterocycles. The van der Waals surface area contributed by atoms with E-state index in [4.69, 9.17) is 0 Å². The highest BCUT2D eigenvalue weighted by molar-refractivity contribution is 7.22. The van der Waals surface area contributed by atoms with Crippen LogP contribution in [0.25, 0.3) is 10.2 Å². The standard InChI is InChI=1S/C19H21N5O3S/c1-11-13(17(26)23-18(27)20-11)5-7-16(25)21-12-4-6-14-15(10-12)28-19(22-14)24-8-2-3-9-24/h4,6,10H,2-3,5,7-9H2,1H3,(H,21,25)(H2,20,23,26,27). The van der Waals surface area contributed by atoms with E-state index in [1.807, 2.05) is 18.2 Å². The van der Waals surface area contributed by atoms with Crippen molar-refractivity contribution >= 4 is 38.3 Å². The molecule has 0 spiro atoms. The van der Waals surface area contributed by atoms with Crippen LogP contribution in [0.2, 0.25) is 0 Å². The number of nitrogens with zero attached hydrogens (tertiary/aromatic N) is 2. The zero-order chi connectivity index (χ0) is 19.7. The molecule has 1 fully saturated rings. The molecule has 0 radical (unpaired) electrons. The fourth-order valence-electron chi connectivity index (χ4n) is 3.42. The van der Waals surface area contributed by atoms with Crippen LogP contribution in [0.3, 0.4) is 0 Å². The molecule has 1 saturated heterocycles. The van der Waals surface area contributed by atoms with Crippen molar-refractivity contribution < 1.29 is 4.79 Å². The second-order valence-electron chi connectivity index (χ2n) is 6.93. The summed E-state index contributed by atoms with van der Waals surface area (Å²) in [7, 11) is 0. The maximum atomic E-state index is 12.3. The van der Waals surface area contributed by atoms with Gasteiger partial charge in [-0.15, -0.1) is 0 Å². The lowest BCUT2D eigenvalue weighted by molar-refractivity contribution is -0.116. The summed E-state index contributed by atoms with van der Waals surface area (Å²) in [5, 5.41) is 3.91. The molecule has 0 saturated carbocycles. The zero-order valence-electron chi connectivity index (χ0n) is 15.5. The molecule has 9 heteroatoms. The first-order valence-corrected chi connectivity index (χ1v) is 10.1. The number of thiazole rings is 1. The number of carbonyl (C=O) groups excluding carboxylic acids is 1. The van der Waals surface area contributed by atoms with E-state index in [9.17, 15) is 14.4 Å². The van der Waals surface area contributed by atoms with Crippen molar-refractivity contribution in [1.82, 2.24) is 15.0 Å². The summed E-state index contributed by atoms with van der Waals surface area (Å²) in [4.78, 5) is 47.1. The Morgan fingerprint density at radius 3 is 2.79 bits per heavy atom. The third-order valence-electron chi connectivity index (χ3n) is 4.89. The molecule has 146 valence electrons. The van der Waals surface area contributed by atoms with E-state index >= 15 is 0 Å². The lowest BCUT2D eigenvalue weighted by atomic mass is 10.1. The first-order valence-electron chi connectivity index (χ1n) is 9.27. The number of hydrogen-bond donors (Lipinski definition) is 3. The summed E-state index contributed by atoms with van der Waals surface area (Å²) in [5.74, 6) is -0.186. The summed E-state index contributed by atoms with van der Waals surface area (Å²) in [5.41, 5.74) is 1.56. The van der Waals surface area contributed by atoms with Gasteiger partial charge in [0.1, 0.15) is 0 Å². The van der Waals surface area contributed by atoms with E-state index in [-0.39, 0.29) is 18.7 Å². The van der Waals surface area contributed by atoms with Crippen LogP contribution in [0.5, 0.6) is 0 Å². The van der Waals surface area contributed by atoms with Gasteiger partial charge in [-0.3, -0.25) is 14.6 Å². The second kappa shape index (κ2) is 7.59. The van der Waals surface area contributed by atoms with Crippen molar-refractivity contribution in [3.8, 4) is 0 Å². The Balaban J connectivity index is 1.43. The fraction of sp³-hybridized carbons (Fsp3) is 0.368. The number of aromatic amines is 2. The molecule has 0 aliphatic carbocycles. The third kappa shape index (κ3) is 3.84. The Labute approximate surface area is 164 Å². The van der Waals surface area contributed by atoms with E-state index < -0.39 is 11.2 Å². The van der Waals surface area contributed by atoms with Crippen molar-refractivity contribution in [3.63, 3.8) is 0 Å². The predicted molar refractivity (Wildman–Crippen MR) is 110 cm³/mol. The van der Waals surface area contributed by atoms with Crippen molar-refractivity contribution in [2.75, 3.05) is 23.3 Å². The van der Waals surface area contributed by atoms with Crippen molar-refractivity contribution in [2.45, 2.75) is 32.6 Å². The molecule has 1 aliphatic rings. The van der Waals surface area contributed by atoms with Gasteiger partial charge in [0.2, 0.25) is 5.91 Å². The van der Waals surface area contributed by atoms with E-state index in [1.54, 1.807) is 18.3 Å². The summed E-state index contributed by atoms with van der Waals surface area (Å²) in [6, 6.07) is 5.69. The lowest BCUT2D eigenvalue weighted by Crippen LogP contribution is -2.27. The highest BCUT2D eigenvalue weighted by atomic mass is 32.1. The average molecular weight is 399 g/mol. The van der Waals surface area contributed by atoms with E-state index in [0.29, 0.717) is 16.9 Å². The lowest BCUT2D eigenvalue weighted by Gasteiger charge is -2.11. The molecular formula is C19H21N5O3S. The number of rotatable bonds is 5. The van der Waals surface area contributed by atoms with Crippen LogP contribution in [0, 0.1) is 6.92 Å². The summed E-state index contributed by atoms with van der Waals surface area (Å²) in [6.45, 7) is 3.75. The number of nitrogens with one attached hydrogen (secondary N) is 3. The van der Waals surface area contributed by atoms with Gasteiger partial charge in [-0.05, 0) is 44.4 Å². The SMILES string of the molecule is Cc1[nH]c(=O)[nH]c(=O)c1CCC(=O)Nc1ccc2nc(N3CCCC3)sc2c1. The van der Waals surface area contributed by atoms with E-state index in [1.165, 1.54) is 12.8 Å². The summed E-state index contributed by atoms with van der Waals surface area (Å²) >= 11 is 1.64. The Bertz CT molecular complexity index is 1140. The van der Waals surface area contributed by atoms with Crippen LogP contribution in [-0.2, 0) is 11.2 Å². The van der Waals surface area contributed by atoms with Gasteiger partial charge in [0.05, 0.1) is 10.2 Å². The number of anilines is 2. The largest absolute Gasteiger partial charge is 0.348 e. The minimum atomic E-state index is -0.540. The minimum absolute atomic E-state index is 0.149. The number of aromatic nitrogens is 3. The number of hydrogen-bond acceptors (Lipinski definition) is 6. The fourth-order valence-corrected chi connectivity index (χ4v) is 4.48. The highest BCUT2D eigenvalue weighted by Gasteiger charge is 2.16. The van der Waals surface area contributed by atoms with Crippen LogP contribution in [0.15, 0.2) is 27.8 Å². The molecule has 3 aromatic rings. The van der Waals surface area contributed by atoms with Gasteiger partial charge in [0, 0.05) is 36.5 Å². The number of carbonyl (C=O) groups is 1. The van der Waals surface area contributed by atoms with Gasteiger partial charge >= 0.3 is 5.69 Å². The molecule has 0 bridgehead atoms. The number of amides is 1. The Morgan fingerprint density at radius 2 is 2.04 bits per heavy atom. The smallest absolute Gasteiger partial charge is 0.325 e. The average Bonchev–Trinajstić information content (AvgIpc) is 3.29. The summed E-state index contributed by atoms with van der Waals surface area (Å²) < 4.78 is 1.03. The first-order chi connectivity index (χ1) is 13.5. The number of aryl methyl sites for hydroxylation is 1. The number of fused-ring (bicyclic) bond motifs is 1. The Kier molecular flexibility index (Phi) is 4.99. The Morgan fingerprint density at radius 1 is 1.25 bits per heavy atom. The van der Waals surface area contributed by atoms with Gasteiger partial charge in [-0.1, -0.05) is 11.3 Å². The van der Waals surface area contributed by atoms with Crippen molar-refractivity contribution in [1.29, 1.82) is 0 Å². The quantitative estimate of drug-likeness (QED) is 0.609. The molecular weight excluding hydrogens is 378 g/mol. The molecule has 1 aromatic carbocycles. The molecule has 0 unspecified atom stereocenters. The first kappa shape index (κ1) is 18.4. The summed E-state index contributed by atoms with van der Waals surface area (Å²) in [6.07, 6.45) is 2.81. The van der Waals surface area contributed by atoms with Gasteiger partial charge in [0.25, 0.3) is 5.56 Å². The van der Waals surface area contributed by atoms with Crippen molar-refractivity contribution in [2.24, 2.45) is 0 Å². The second-order valence-corrected chi connectivity index (χ2v) is 7.94. The monoisotopic (exact) mass is 399 g/mol. The maximum absolute atomic E-state index is 12.3. The third-order valence-corrected chi connectivity index (χ3v) is 5.97. The van der Waals surface area contributed by atoms with Crippen LogP contribution >= 0.6 is 11.3 Å². The maximum Gasteiger partial charge on any atom is 0.325 e. The molecule has 8 nitrogen and oxygen atoms in total. The molecule has 1 aliphatic heterocycles. The highest BCUT2D eigenvalue weighted by Crippen LogP contribution is 2.32. The Hall–Kier alpha value is -2.94.